The number of carbonyl (C=O) groups excluding carboxylic acids is 2. The number of aryl methyl sites for hydroxylation is 2. The van der Waals surface area contributed by atoms with Gasteiger partial charge in [-0.3, -0.25) is 9.59 Å². The highest BCUT2D eigenvalue weighted by Gasteiger charge is 2.41. The van der Waals surface area contributed by atoms with Gasteiger partial charge in [0.1, 0.15) is 23.1 Å². The number of hydrogen-bond acceptors (Lipinski definition) is 4. The molecule has 2 aromatic carbocycles. The van der Waals surface area contributed by atoms with Crippen molar-refractivity contribution in [2.24, 2.45) is 5.41 Å². The molecule has 0 aliphatic heterocycles. The van der Waals surface area contributed by atoms with E-state index in [1.54, 1.807) is 0 Å². The van der Waals surface area contributed by atoms with Gasteiger partial charge in [0.2, 0.25) is 0 Å². The van der Waals surface area contributed by atoms with E-state index in [4.69, 9.17) is 0 Å². The topological polar surface area (TPSA) is 74.6 Å². The summed E-state index contributed by atoms with van der Waals surface area (Å²) in [5.41, 5.74) is 2.98. The van der Waals surface area contributed by atoms with Crippen LogP contribution in [0.15, 0.2) is 24.3 Å². The fourth-order valence-corrected chi connectivity index (χ4v) is 4.56. The van der Waals surface area contributed by atoms with Crippen LogP contribution in [0, 0.1) is 19.3 Å². The highest BCUT2D eigenvalue weighted by Crippen LogP contribution is 2.39. The van der Waals surface area contributed by atoms with Gasteiger partial charge in [0, 0.05) is 0 Å². The third-order valence-electron chi connectivity index (χ3n) is 6.70. The Hall–Kier alpha value is -2.62. The van der Waals surface area contributed by atoms with E-state index in [9.17, 15) is 19.8 Å². The molecular formula is C29H40O4. The summed E-state index contributed by atoms with van der Waals surface area (Å²) in [6.45, 7) is 18.8. The summed E-state index contributed by atoms with van der Waals surface area (Å²) < 4.78 is 0. The van der Waals surface area contributed by atoms with Crippen molar-refractivity contribution in [1.29, 1.82) is 0 Å². The van der Waals surface area contributed by atoms with E-state index in [1.807, 2.05) is 79.7 Å². The van der Waals surface area contributed by atoms with E-state index >= 15 is 0 Å². The van der Waals surface area contributed by atoms with Gasteiger partial charge in [0.25, 0.3) is 0 Å². The molecule has 4 heteroatoms. The van der Waals surface area contributed by atoms with Gasteiger partial charge < -0.3 is 10.2 Å². The number of carbonyl (C=O) groups is 2. The Kier molecular flexibility index (Phi) is 7.23. The first kappa shape index (κ1) is 26.6. The van der Waals surface area contributed by atoms with Gasteiger partial charge >= 0.3 is 0 Å². The second kappa shape index (κ2) is 8.96. The van der Waals surface area contributed by atoms with Crippen LogP contribution in [0.25, 0.3) is 0 Å². The van der Waals surface area contributed by atoms with E-state index in [0.29, 0.717) is 0 Å². The minimum atomic E-state index is -1.23. The van der Waals surface area contributed by atoms with Crippen LogP contribution in [0.2, 0.25) is 0 Å². The average molecular weight is 453 g/mol. The quantitative estimate of drug-likeness (QED) is 0.507. The van der Waals surface area contributed by atoms with Gasteiger partial charge in [-0.15, -0.1) is 0 Å². The molecule has 0 radical (unpaired) electrons. The average Bonchev–Trinajstić information content (AvgIpc) is 2.64. The third kappa shape index (κ3) is 5.48. The van der Waals surface area contributed by atoms with Crippen molar-refractivity contribution < 1.29 is 19.8 Å². The molecule has 0 saturated heterocycles. The lowest BCUT2D eigenvalue weighted by molar-refractivity contribution is -0.138. The van der Waals surface area contributed by atoms with Crippen LogP contribution in [-0.2, 0) is 33.3 Å². The molecule has 0 unspecified atom stereocenters. The molecule has 4 nitrogen and oxygen atoms in total. The molecule has 0 heterocycles. The Balaban J connectivity index is 2.66. The van der Waals surface area contributed by atoms with E-state index in [2.05, 4.69) is 0 Å². The van der Waals surface area contributed by atoms with Gasteiger partial charge in [-0.2, -0.15) is 0 Å². The molecule has 0 saturated carbocycles. The molecule has 2 aromatic rings. The monoisotopic (exact) mass is 452 g/mol. The third-order valence-corrected chi connectivity index (χ3v) is 6.70. The van der Waals surface area contributed by atoms with Crippen molar-refractivity contribution in [2.45, 2.75) is 92.9 Å². The van der Waals surface area contributed by atoms with Crippen molar-refractivity contribution >= 4 is 11.6 Å². The molecule has 2 rings (SSSR count). The Morgan fingerprint density at radius 2 is 0.970 bits per heavy atom. The second-order valence-corrected chi connectivity index (χ2v) is 11.7. The minimum absolute atomic E-state index is 0.180. The standard InChI is InChI=1S/C29H40O4/c1-17-11-21(13-23(25(17)32)27(5,6)7)15-29(19(3)30,20(4)31)16-22-12-18(2)26(33)24(14-22)28(8,9)10/h11-14,32-33H,15-16H2,1-10H3. The number of Topliss-reactive ketones (excluding diaryl/α,β-unsaturated/α-hetero) is 2. The maximum absolute atomic E-state index is 13.1. The molecule has 0 fully saturated rings. The van der Waals surface area contributed by atoms with Gasteiger partial charge in [0.05, 0.1) is 5.41 Å². The number of rotatable bonds is 6. The fraction of sp³-hybridized carbons (Fsp3) is 0.517. The fourth-order valence-electron chi connectivity index (χ4n) is 4.56. The summed E-state index contributed by atoms with van der Waals surface area (Å²) in [6.07, 6.45) is 0.513. The summed E-state index contributed by atoms with van der Waals surface area (Å²) >= 11 is 0. The first-order valence-electron chi connectivity index (χ1n) is 11.6. The van der Waals surface area contributed by atoms with Crippen LogP contribution in [0.4, 0.5) is 0 Å². The lowest BCUT2D eigenvalue weighted by Gasteiger charge is -2.31. The summed E-state index contributed by atoms with van der Waals surface area (Å²) in [6, 6.07) is 7.58. The zero-order chi connectivity index (χ0) is 25.5. The molecule has 180 valence electrons. The number of phenols is 2. The Morgan fingerprint density at radius 3 is 1.21 bits per heavy atom. The Labute approximate surface area is 199 Å². The lowest BCUT2D eigenvalue weighted by atomic mass is 9.69. The van der Waals surface area contributed by atoms with Crippen molar-refractivity contribution in [3.8, 4) is 11.5 Å². The summed E-state index contributed by atoms with van der Waals surface area (Å²) in [5, 5.41) is 21.2. The Morgan fingerprint density at radius 1 is 0.667 bits per heavy atom. The van der Waals surface area contributed by atoms with Crippen LogP contribution in [0.3, 0.4) is 0 Å². The van der Waals surface area contributed by atoms with E-state index in [-0.39, 0.29) is 46.7 Å². The second-order valence-electron chi connectivity index (χ2n) is 11.7. The predicted octanol–water partition coefficient (Wildman–Crippen LogP) is 6.26. The van der Waals surface area contributed by atoms with Crippen molar-refractivity contribution in [1.82, 2.24) is 0 Å². The minimum Gasteiger partial charge on any atom is -0.507 e. The number of phenolic OH excluding ortho intramolecular Hbond substituents is 2. The zero-order valence-electron chi connectivity index (χ0n) is 21.9. The summed E-state index contributed by atoms with van der Waals surface area (Å²) in [7, 11) is 0. The molecule has 0 aromatic heterocycles. The molecule has 0 spiro atoms. The molecule has 2 N–H and O–H groups in total. The molecule has 0 amide bonds. The molecule has 33 heavy (non-hydrogen) atoms. The molecule has 0 bridgehead atoms. The van der Waals surface area contributed by atoms with Crippen molar-refractivity contribution in [3.05, 3.63) is 57.6 Å². The predicted molar refractivity (Wildman–Crippen MR) is 134 cm³/mol. The van der Waals surface area contributed by atoms with E-state index in [1.165, 1.54) is 13.8 Å². The van der Waals surface area contributed by atoms with Crippen LogP contribution in [0.5, 0.6) is 11.5 Å². The van der Waals surface area contributed by atoms with Crippen LogP contribution < -0.4 is 0 Å². The maximum atomic E-state index is 13.1. The van der Waals surface area contributed by atoms with Gasteiger partial charge in [0.15, 0.2) is 0 Å². The van der Waals surface area contributed by atoms with Crippen LogP contribution in [-0.4, -0.2) is 21.8 Å². The van der Waals surface area contributed by atoms with Crippen molar-refractivity contribution in [3.63, 3.8) is 0 Å². The number of ketones is 2. The molecule has 0 aliphatic rings. The largest absolute Gasteiger partial charge is 0.507 e. The molecular weight excluding hydrogens is 412 g/mol. The summed E-state index contributed by atoms with van der Waals surface area (Å²) in [5.74, 6) is 0.153. The van der Waals surface area contributed by atoms with Gasteiger partial charge in [-0.05, 0) is 84.7 Å². The highest BCUT2D eigenvalue weighted by atomic mass is 16.3. The van der Waals surface area contributed by atoms with Gasteiger partial charge in [-0.25, -0.2) is 0 Å². The lowest BCUT2D eigenvalue weighted by Crippen LogP contribution is -2.41. The maximum Gasteiger partial charge on any atom is 0.144 e. The number of aromatic hydroxyl groups is 2. The van der Waals surface area contributed by atoms with E-state index in [0.717, 1.165) is 33.4 Å². The zero-order valence-corrected chi connectivity index (χ0v) is 21.9. The number of hydrogen-bond donors (Lipinski definition) is 2. The highest BCUT2D eigenvalue weighted by molar-refractivity contribution is 6.05. The smallest absolute Gasteiger partial charge is 0.144 e. The molecule has 0 atom stereocenters. The normalized spacial score (nSPS) is 12.7. The first-order valence-corrected chi connectivity index (χ1v) is 11.6. The first-order chi connectivity index (χ1) is 14.9. The SMILES string of the molecule is CC(=O)C(Cc1cc(C)c(O)c(C(C)(C)C)c1)(Cc1cc(C)c(O)c(C(C)(C)C)c1)C(C)=O. The molecule has 0 aliphatic carbocycles. The van der Waals surface area contributed by atoms with Crippen molar-refractivity contribution in [2.75, 3.05) is 0 Å². The van der Waals surface area contributed by atoms with Gasteiger partial charge in [-0.1, -0.05) is 65.8 Å². The summed E-state index contributed by atoms with van der Waals surface area (Å²) in [4.78, 5) is 26.1. The Bertz CT molecular complexity index is 991. The van der Waals surface area contributed by atoms with Crippen LogP contribution in [0.1, 0.15) is 88.8 Å². The van der Waals surface area contributed by atoms with E-state index < -0.39 is 5.41 Å². The number of benzene rings is 2. The van der Waals surface area contributed by atoms with Crippen LogP contribution >= 0.6 is 0 Å².